The van der Waals surface area contributed by atoms with E-state index < -0.39 is 0 Å². The van der Waals surface area contributed by atoms with E-state index in [9.17, 15) is 9.59 Å². The lowest BCUT2D eigenvalue weighted by Crippen LogP contribution is -2.36. The molecule has 1 saturated heterocycles. The van der Waals surface area contributed by atoms with Crippen LogP contribution in [0.15, 0.2) is 37.0 Å². The Morgan fingerprint density at radius 3 is 3.09 bits per heavy atom. The van der Waals surface area contributed by atoms with Crippen molar-refractivity contribution in [3.05, 3.63) is 48.1 Å². The molecule has 1 aromatic rings. The Morgan fingerprint density at radius 1 is 1.41 bits per heavy atom. The van der Waals surface area contributed by atoms with E-state index in [1.165, 1.54) is 11.8 Å². The largest absolute Gasteiger partial charge is 0.341 e. The van der Waals surface area contributed by atoms with Gasteiger partial charge >= 0.3 is 0 Å². The van der Waals surface area contributed by atoms with Crippen LogP contribution >= 0.6 is 0 Å². The Bertz CT molecular complexity index is 644. The minimum absolute atomic E-state index is 0.0622. The third-order valence-corrected chi connectivity index (χ3v) is 4.72. The average Bonchev–Trinajstić information content (AvgIpc) is 3.04. The molecular formula is C18H22N2O2. The molecule has 0 saturated carbocycles. The van der Waals surface area contributed by atoms with Crippen LogP contribution in [0, 0.1) is 5.92 Å². The predicted molar refractivity (Wildman–Crippen MR) is 85.1 cm³/mol. The molecule has 1 N–H and O–H groups in total. The van der Waals surface area contributed by atoms with Gasteiger partial charge in [0.25, 0.3) is 0 Å². The van der Waals surface area contributed by atoms with Crippen molar-refractivity contribution in [2.24, 2.45) is 5.92 Å². The van der Waals surface area contributed by atoms with Gasteiger partial charge in [0, 0.05) is 13.1 Å². The van der Waals surface area contributed by atoms with Crippen molar-refractivity contribution in [2.45, 2.75) is 31.6 Å². The van der Waals surface area contributed by atoms with Gasteiger partial charge in [0.15, 0.2) is 0 Å². The molecule has 1 aromatic carbocycles. The Morgan fingerprint density at radius 2 is 2.27 bits per heavy atom. The van der Waals surface area contributed by atoms with E-state index in [-0.39, 0.29) is 23.7 Å². The van der Waals surface area contributed by atoms with Gasteiger partial charge in [-0.25, -0.2) is 0 Å². The number of hydrogen-bond acceptors (Lipinski definition) is 2. The molecule has 2 amide bonds. The maximum atomic E-state index is 12.9. The quantitative estimate of drug-likeness (QED) is 0.930. The zero-order valence-corrected chi connectivity index (χ0v) is 12.7. The SMILES string of the molecule is [3H]c1ccc2c(c1)C(C(=O)N1CCC(C(=O)NC=C)C1)CCC2. The summed E-state index contributed by atoms with van der Waals surface area (Å²) in [5, 5.41) is 2.61. The Labute approximate surface area is 132 Å². The van der Waals surface area contributed by atoms with Crippen molar-refractivity contribution in [3.63, 3.8) is 0 Å². The zero-order chi connectivity index (χ0) is 16.4. The summed E-state index contributed by atoms with van der Waals surface area (Å²) < 4.78 is 7.82. The third-order valence-electron chi connectivity index (χ3n) is 4.72. The molecule has 2 unspecified atom stereocenters. The van der Waals surface area contributed by atoms with Crippen molar-refractivity contribution in [1.29, 1.82) is 0 Å². The van der Waals surface area contributed by atoms with Crippen molar-refractivity contribution in [3.8, 4) is 0 Å². The van der Waals surface area contributed by atoms with Crippen LogP contribution in [0.3, 0.4) is 0 Å². The summed E-state index contributed by atoms with van der Waals surface area (Å²) in [5.74, 6) is -0.272. The van der Waals surface area contributed by atoms with Crippen LogP contribution in [0.4, 0.5) is 0 Å². The summed E-state index contributed by atoms with van der Waals surface area (Å²) in [7, 11) is 0. The van der Waals surface area contributed by atoms with Gasteiger partial charge in [-0.1, -0.05) is 30.8 Å². The number of likely N-dealkylation sites (tertiary alicyclic amines) is 1. The van der Waals surface area contributed by atoms with Gasteiger partial charge in [0.1, 0.15) is 0 Å². The molecule has 1 aliphatic carbocycles. The number of nitrogens with one attached hydrogen (secondary N) is 1. The number of amides is 2. The first-order valence-corrected chi connectivity index (χ1v) is 7.89. The summed E-state index contributed by atoms with van der Waals surface area (Å²) in [6.45, 7) is 4.61. The summed E-state index contributed by atoms with van der Waals surface area (Å²) in [6.07, 6.45) is 4.89. The maximum Gasteiger partial charge on any atom is 0.230 e. The normalized spacial score (nSPS) is 24.4. The van der Waals surface area contributed by atoms with Crippen LogP contribution in [0.25, 0.3) is 0 Å². The van der Waals surface area contributed by atoms with Crippen molar-refractivity contribution >= 4 is 11.8 Å². The molecule has 0 spiro atoms. The van der Waals surface area contributed by atoms with Gasteiger partial charge in [0.05, 0.1) is 13.2 Å². The third kappa shape index (κ3) is 2.78. The summed E-state index contributed by atoms with van der Waals surface area (Å²) >= 11 is 0. The molecule has 116 valence electrons. The summed E-state index contributed by atoms with van der Waals surface area (Å²) in [5.41, 5.74) is 2.19. The van der Waals surface area contributed by atoms with E-state index >= 15 is 0 Å². The predicted octanol–water partition coefficient (Wildman–Crippen LogP) is 2.21. The van der Waals surface area contributed by atoms with Gasteiger partial charge in [-0.05, 0) is 43.0 Å². The molecule has 1 heterocycles. The Hall–Kier alpha value is -2.10. The second kappa shape index (κ2) is 6.34. The lowest BCUT2D eigenvalue weighted by molar-refractivity contribution is -0.132. The molecule has 22 heavy (non-hydrogen) atoms. The maximum absolute atomic E-state index is 12.9. The number of aryl methyl sites for hydroxylation is 1. The minimum atomic E-state index is -0.162. The lowest BCUT2D eigenvalue weighted by Gasteiger charge is -2.28. The van der Waals surface area contributed by atoms with Crippen molar-refractivity contribution in [2.75, 3.05) is 13.1 Å². The number of carbonyl (C=O) groups excluding carboxylic acids is 2. The Balaban J connectivity index is 1.74. The van der Waals surface area contributed by atoms with Crippen molar-refractivity contribution < 1.29 is 11.0 Å². The molecule has 2 atom stereocenters. The fourth-order valence-corrected chi connectivity index (χ4v) is 3.55. The van der Waals surface area contributed by atoms with Gasteiger partial charge in [0.2, 0.25) is 11.8 Å². The average molecular weight is 300 g/mol. The molecule has 1 aliphatic heterocycles. The molecule has 0 aromatic heterocycles. The molecule has 1 fully saturated rings. The molecule has 4 nitrogen and oxygen atoms in total. The first-order chi connectivity index (χ1) is 11.1. The fourth-order valence-electron chi connectivity index (χ4n) is 3.55. The lowest BCUT2D eigenvalue weighted by atomic mass is 9.82. The monoisotopic (exact) mass is 300 g/mol. The number of carbonyl (C=O) groups is 2. The number of nitrogens with zero attached hydrogens (tertiary/aromatic N) is 1. The highest BCUT2D eigenvalue weighted by Gasteiger charge is 2.35. The molecule has 0 radical (unpaired) electrons. The van der Waals surface area contributed by atoms with Gasteiger partial charge in [-0.15, -0.1) is 0 Å². The first-order valence-electron chi connectivity index (χ1n) is 8.39. The van der Waals surface area contributed by atoms with Crippen molar-refractivity contribution in [1.82, 2.24) is 10.2 Å². The van der Waals surface area contributed by atoms with Crippen LogP contribution in [-0.2, 0) is 16.0 Å². The molecule has 3 rings (SSSR count). The number of hydrogen-bond donors (Lipinski definition) is 1. The topological polar surface area (TPSA) is 49.4 Å². The highest BCUT2D eigenvalue weighted by molar-refractivity contribution is 5.86. The smallest absolute Gasteiger partial charge is 0.230 e. The van der Waals surface area contributed by atoms with Crippen LogP contribution in [-0.4, -0.2) is 29.8 Å². The summed E-state index contributed by atoms with van der Waals surface area (Å²) in [6, 6.07) is 6.04. The van der Waals surface area contributed by atoms with E-state index in [0.717, 1.165) is 24.8 Å². The molecule has 2 aliphatic rings. The van der Waals surface area contributed by atoms with Gasteiger partial charge < -0.3 is 10.2 Å². The molecule has 0 bridgehead atoms. The van der Waals surface area contributed by atoms with Gasteiger partial charge in [-0.3, -0.25) is 9.59 Å². The molecular weight excluding hydrogens is 276 g/mol. The second-order valence-corrected chi connectivity index (χ2v) is 6.05. The number of benzene rings is 1. The highest BCUT2D eigenvalue weighted by Crippen LogP contribution is 2.34. The first kappa shape index (κ1) is 13.6. The van der Waals surface area contributed by atoms with E-state index in [4.69, 9.17) is 1.37 Å². The molecule has 4 heteroatoms. The van der Waals surface area contributed by atoms with E-state index in [1.807, 2.05) is 17.0 Å². The number of fused-ring (bicyclic) bond motifs is 1. The standard InChI is InChI=1S/C18H22N2O2/c1-2-19-17(21)14-10-11-20(12-14)18(22)16-9-5-7-13-6-3-4-8-15(13)16/h2-4,6,8,14,16H,1,5,7,9-12H2,(H,19,21)/i4T. The fraction of sp³-hybridized carbons (Fsp3) is 0.444. The second-order valence-electron chi connectivity index (χ2n) is 6.05. The van der Waals surface area contributed by atoms with Crippen LogP contribution in [0.1, 0.15) is 37.7 Å². The van der Waals surface area contributed by atoms with Crippen LogP contribution < -0.4 is 5.32 Å². The van der Waals surface area contributed by atoms with Crippen LogP contribution in [0.5, 0.6) is 0 Å². The number of rotatable bonds is 3. The summed E-state index contributed by atoms with van der Waals surface area (Å²) in [4.78, 5) is 26.6. The van der Waals surface area contributed by atoms with Gasteiger partial charge in [-0.2, -0.15) is 0 Å². The van der Waals surface area contributed by atoms with E-state index in [2.05, 4.69) is 11.9 Å². The zero-order valence-electron chi connectivity index (χ0n) is 13.7. The van der Waals surface area contributed by atoms with E-state index in [1.54, 1.807) is 6.07 Å². The van der Waals surface area contributed by atoms with Crippen LogP contribution in [0.2, 0.25) is 0 Å². The van der Waals surface area contributed by atoms with E-state index in [0.29, 0.717) is 25.6 Å². The highest BCUT2D eigenvalue weighted by atomic mass is 16.2. The minimum Gasteiger partial charge on any atom is -0.341 e. The Kier molecular flexibility index (Phi) is 3.91.